The molecule has 5 heteroatoms. The van der Waals surface area contributed by atoms with Crippen molar-refractivity contribution in [1.82, 2.24) is 5.32 Å². The second-order valence-corrected chi connectivity index (χ2v) is 7.97. The van der Waals surface area contributed by atoms with Gasteiger partial charge in [0.2, 0.25) is 0 Å². The second kappa shape index (κ2) is 7.38. The molecule has 1 heterocycles. The van der Waals surface area contributed by atoms with Crippen molar-refractivity contribution in [1.29, 1.82) is 0 Å². The molecule has 0 spiro atoms. The van der Waals surface area contributed by atoms with Gasteiger partial charge in [0.1, 0.15) is 0 Å². The van der Waals surface area contributed by atoms with Gasteiger partial charge in [0.05, 0.1) is 10.5 Å². The molecule has 118 valence electrons. The summed E-state index contributed by atoms with van der Waals surface area (Å²) >= 11 is 0. The summed E-state index contributed by atoms with van der Waals surface area (Å²) in [6.07, 6.45) is 1.84. The summed E-state index contributed by atoms with van der Waals surface area (Å²) in [6.45, 7) is 3.06. The Hall–Kier alpha value is -0.910. The predicted molar refractivity (Wildman–Crippen MR) is 85.1 cm³/mol. The third kappa shape index (κ3) is 3.65. The monoisotopic (exact) mass is 311 g/mol. The van der Waals surface area contributed by atoms with Crippen LogP contribution in [0.1, 0.15) is 37.8 Å². The number of sulfone groups is 1. The van der Waals surface area contributed by atoms with Gasteiger partial charge in [-0.15, -0.1) is 0 Å². The summed E-state index contributed by atoms with van der Waals surface area (Å²) in [6, 6.07) is 9.67. The Morgan fingerprint density at radius 1 is 1.24 bits per heavy atom. The number of ether oxygens (including phenoxy) is 1. The topological polar surface area (TPSA) is 55.4 Å². The molecule has 1 aliphatic heterocycles. The standard InChI is InChI=1S/C16H25NO3S/c1-3-15(16(17-2)13-7-5-4-6-8-13)21(18,19)14-9-11-20-12-10-14/h4-8,14-17H,3,9-12H2,1-2H3. The smallest absolute Gasteiger partial charge is 0.158 e. The van der Waals surface area contributed by atoms with Crippen LogP contribution >= 0.6 is 0 Å². The highest BCUT2D eigenvalue weighted by Gasteiger charge is 2.38. The van der Waals surface area contributed by atoms with E-state index in [0.29, 0.717) is 32.5 Å². The van der Waals surface area contributed by atoms with Crippen LogP contribution in [0.2, 0.25) is 0 Å². The highest BCUT2D eigenvalue weighted by Crippen LogP contribution is 2.30. The average molecular weight is 311 g/mol. The molecule has 1 saturated heterocycles. The minimum atomic E-state index is -3.18. The van der Waals surface area contributed by atoms with Crippen molar-refractivity contribution in [2.75, 3.05) is 20.3 Å². The fourth-order valence-corrected chi connectivity index (χ4v) is 5.62. The molecule has 1 N–H and O–H groups in total. The van der Waals surface area contributed by atoms with Crippen LogP contribution in [0.15, 0.2) is 30.3 Å². The molecule has 2 atom stereocenters. The summed E-state index contributed by atoms with van der Waals surface area (Å²) in [4.78, 5) is 0. The van der Waals surface area contributed by atoms with Crippen molar-refractivity contribution in [2.24, 2.45) is 0 Å². The summed E-state index contributed by atoms with van der Waals surface area (Å²) in [5.41, 5.74) is 1.03. The van der Waals surface area contributed by atoms with Gasteiger partial charge in [0, 0.05) is 19.3 Å². The van der Waals surface area contributed by atoms with Crippen molar-refractivity contribution in [3.8, 4) is 0 Å². The Bertz CT molecular complexity index is 524. The summed E-state index contributed by atoms with van der Waals surface area (Å²) in [5.74, 6) is 0. The fraction of sp³-hybridized carbons (Fsp3) is 0.625. The van der Waals surface area contributed by atoms with Crippen molar-refractivity contribution >= 4 is 9.84 Å². The molecular weight excluding hydrogens is 286 g/mol. The minimum Gasteiger partial charge on any atom is -0.381 e. The summed E-state index contributed by atoms with van der Waals surface area (Å²) in [5, 5.41) is 2.54. The molecule has 1 fully saturated rings. The highest BCUT2D eigenvalue weighted by atomic mass is 32.2. The lowest BCUT2D eigenvalue weighted by molar-refractivity contribution is 0.0981. The van der Waals surface area contributed by atoms with Gasteiger partial charge in [-0.25, -0.2) is 8.42 Å². The van der Waals surface area contributed by atoms with E-state index < -0.39 is 15.1 Å². The quantitative estimate of drug-likeness (QED) is 0.876. The Labute approximate surface area is 127 Å². The fourth-order valence-electron chi connectivity index (χ4n) is 3.14. The van der Waals surface area contributed by atoms with Gasteiger partial charge in [-0.1, -0.05) is 37.3 Å². The first-order chi connectivity index (χ1) is 10.1. The van der Waals surface area contributed by atoms with Crippen LogP contribution in [-0.4, -0.2) is 39.2 Å². The normalized spacial score (nSPS) is 20.1. The lowest BCUT2D eigenvalue weighted by Crippen LogP contribution is -2.42. The van der Waals surface area contributed by atoms with Crippen LogP contribution in [0.25, 0.3) is 0 Å². The van der Waals surface area contributed by atoms with Gasteiger partial charge in [-0.05, 0) is 31.9 Å². The van der Waals surface area contributed by atoms with Crippen LogP contribution in [-0.2, 0) is 14.6 Å². The third-order valence-electron chi connectivity index (χ3n) is 4.30. The van der Waals surface area contributed by atoms with Gasteiger partial charge >= 0.3 is 0 Å². The summed E-state index contributed by atoms with van der Waals surface area (Å²) < 4.78 is 31.3. The zero-order chi connectivity index (χ0) is 15.3. The molecule has 2 unspecified atom stereocenters. The van der Waals surface area contributed by atoms with Crippen LogP contribution < -0.4 is 5.32 Å². The summed E-state index contributed by atoms with van der Waals surface area (Å²) in [7, 11) is -1.34. The van der Waals surface area contributed by atoms with Crippen LogP contribution in [0.4, 0.5) is 0 Å². The Morgan fingerprint density at radius 3 is 2.38 bits per heavy atom. The Balaban J connectivity index is 2.28. The van der Waals surface area contributed by atoms with E-state index in [9.17, 15) is 8.42 Å². The number of rotatable bonds is 6. The van der Waals surface area contributed by atoms with E-state index in [1.54, 1.807) is 0 Å². The van der Waals surface area contributed by atoms with E-state index in [1.807, 2.05) is 44.3 Å². The van der Waals surface area contributed by atoms with E-state index in [1.165, 1.54) is 0 Å². The second-order valence-electron chi connectivity index (χ2n) is 5.52. The molecule has 2 rings (SSSR count). The lowest BCUT2D eigenvalue weighted by atomic mass is 10.0. The van der Waals surface area contributed by atoms with Crippen molar-refractivity contribution < 1.29 is 13.2 Å². The van der Waals surface area contributed by atoms with Crippen molar-refractivity contribution in [2.45, 2.75) is 42.7 Å². The van der Waals surface area contributed by atoms with Crippen molar-refractivity contribution in [3.05, 3.63) is 35.9 Å². The average Bonchev–Trinajstić information content (AvgIpc) is 2.54. The molecule has 4 nitrogen and oxygen atoms in total. The Kier molecular flexibility index (Phi) is 5.79. The zero-order valence-corrected chi connectivity index (χ0v) is 13.6. The number of hydrogen-bond acceptors (Lipinski definition) is 4. The zero-order valence-electron chi connectivity index (χ0n) is 12.8. The van der Waals surface area contributed by atoms with Gasteiger partial charge in [0.15, 0.2) is 9.84 Å². The van der Waals surface area contributed by atoms with Crippen LogP contribution in [0.3, 0.4) is 0 Å². The van der Waals surface area contributed by atoms with E-state index >= 15 is 0 Å². The maximum Gasteiger partial charge on any atom is 0.158 e. The molecule has 21 heavy (non-hydrogen) atoms. The van der Waals surface area contributed by atoms with E-state index in [-0.39, 0.29) is 11.3 Å². The molecule has 0 saturated carbocycles. The molecule has 0 bridgehead atoms. The van der Waals surface area contributed by atoms with Gasteiger partial charge in [0.25, 0.3) is 0 Å². The van der Waals surface area contributed by atoms with Crippen molar-refractivity contribution in [3.63, 3.8) is 0 Å². The van der Waals surface area contributed by atoms with Gasteiger partial charge in [-0.3, -0.25) is 0 Å². The highest BCUT2D eigenvalue weighted by molar-refractivity contribution is 7.92. The van der Waals surface area contributed by atoms with E-state index in [0.717, 1.165) is 5.56 Å². The number of benzene rings is 1. The van der Waals surface area contributed by atoms with E-state index in [2.05, 4.69) is 5.32 Å². The van der Waals surface area contributed by atoms with Gasteiger partial charge in [-0.2, -0.15) is 0 Å². The van der Waals surface area contributed by atoms with E-state index in [4.69, 9.17) is 4.74 Å². The van der Waals surface area contributed by atoms with Gasteiger partial charge < -0.3 is 10.1 Å². The number of hydrogen-bond donors (Lipinski definition) is 1. The largest absolute Gasteiger partial charge is 0.381 e. The molecule has 1 aromatic rings. The molecule has 0 radical (unpaired) electrons. The molecule has 0 aliphatic carbocycles. The first-order valence-electron chi connectivity index (χ1n) is 7.64. The lowest BCUT2D eigenvalue weighted by Gasteiger charge is -2.31. The molecule has 0 amide bonds. The minimum absolute atomic E-state index is 0.163. The first-order valence-corrected chi connectivity index (χ1v) is 9.24. The third-order valence-corrected chi connectivity index (χ3v) is 7.15. The molecule has 0 aromatic heterocycles. The van der Waals surface area contributed by atoms with Crippen LogP contribution in [0, 0.1) is 0 Å². The molecule has 1 aliphatic rings. The van der Waals surface area contributed by atoms with Crippen LogP contribution in [0.5, 0.6) is 0 Å². The molecule has 1 aromatic carbocycles. The predicted octanol–water partition coefficient (Wildman–Crippen LogP) is 2.32. The first kappa shape index (κ1) is 16.5. The maximum atomic E-state index is 13.0. The number of nitrogens with one attached hydrogen (secondary N) is 1. The molecular formula is C16H25NO3S. The SMILES string of the molecule is CCC(C(NC)c1ccccc1)S(=O)(=O)C1CCOCC1. The maximum absolute atomic E-state index is 13.0. The Morgan fingerprint density at radius 2 is 1.86 bits per heavy atom.